The Morgan fingerprint density at radius 1 is 0.464 bits per heavy atom. The molecular weight excluding hydrogens is 709 g/mol. The van der Waals surface area contributed by atoms with Crippen LogP contribution >= 0.6 is 0 Å². The highest BCUT2D eigenvalue weighted by atomic mass is 16.5. The third-order valence-corrected chi connectivity index (χ3v) is 11.3. The van der Waals surface area contributed by atoms with Crippen molar-refractivity contribution in [3.63, 3.8) is 0 Å². The van der Waals surface area contributed by atoms with E-state index in [1.165, 1.54) is 12.1 Å². The lowest BCUT2D eigenvalue weighted by molar-refractivity contribution is 0.0977. The minimum absolute atomic E-state index is 0.0291. The number of phenols is 2. The van der Waals surface area contributed by atoms with Crippen molar-refractivity contribution < 1.29 is 38.9 Å². The lowest BCUT2D eigenvalue weighted by atomic mass is 9.65. The standard InChI is InChI=1S/C46H34N2O8/c47-40-34(22-32(49)36-38(40)44(53)30-10-4-2-8-28(30)42(36)51)55-26-16-12-24(13-17-26)46(20-6-1-7-21-46)25-14-18-27(19-15-25)56-35-23-33(50)37-39(41(35)48)45(54)31-11-5-3-9-29(31)43(37)52/h2-5,8-19,22-23,49-50H,1,6-7,20-21,47-48H2. The summed E-state index contributed by atoms with van der Waals surface area (Å²) in [4.78, 5) is 53.3. The maximum Gasteiger partial charge on any atom is 0.198 e. The molecule has 3 aliphatic carbocycles. The molecule has 1 fully saturated rings. The van der Waals surface area contributed by atoms with Crippen LogP contribution in [0.3, 0.4) is 0 Å². The van der Waals surface area contributed by atoms with Crippen LogP contribution in [-0.2, 0) is 5.41 Å². The van der Waals surface area contributed by atoms with Crippen molar-refractivity contribution in [3.8, 4) is 34.5 Å². The maximum atomic E-state index is 13.4. The number of hydrogen-bond acceptors (Lipinski definition) is 10. The van der Waals surface area contributed by atoms with Crippen LogP contribution in [0.2, 0.25) is 0 Å². The summed E-state index contributed by atoms with van der Waals surface area (Å²) in [5, 5.41) is 21.8. The number of carbonyl (C=O) groups excluding carboxylic acids is 4. The number of phenolic OH excluding ortho intramolecular Hbond substituents is 2. The molecule has 0 saturated heterocycles. The van der Waals surface area contributed by atoms with Crippen molar-refractivity contribution in [2.24, 2.45) is 0 Å². The van der Waals surface area contributed by atoms with Gasteiger partial charge in [0.25, 0.3) is 0 Å². The predicted octanol–water partition coefficient (Wildman–Crippen LogP) is 8.65. The minimum Gasteiger partial charge on any atom is -0.507 e. The van der Waals surface area contributed by atoms with Gasteiger partial charge in [0.2, 0.25) is 0 Å². The second-order valence-corrected chi connectivity index (χ2v) is 14.4. The molecule has 0 heterocycles. The Hall–Kier alpha value is -7.20. The number of benzene rings is 6. The average molecular weight is 743 g/mol. The molecule has 6 aromatic carbocycles. The molecular formula is C46H34N2O8. The van der Waals surface area contributed by atoms with Crippen LogP contribution < -0.4 is 20.9 Å². The molecule has 0 amide bonds. The van der Waals surface area contributed by atoms with E-state index in [2.05, 4.69) is 0 Å². The minimum atomic E-state index is -0.477. The fourth-order valence-electron chi connectivity index (χ4n) is 8.55. The molecule has 0 aromatic heterocycles. The van der Waals surface area contributed by atoms with Gasteiger partial charge in [-0.2, -0.15) is 0 Å². The second-order valence-electron chi connectivity index (χ2n) is 14.4. The first-order valence-corrected chi connectivity index (χ1v) is 18.3. The Morgan fingerprint density at radius 2 is 0.804 bits per heavy atom. The van der Waals surface area contributed by atoms with Crippen LogP contribution in [0.15, 0.2) is 109 Å². The summed E-state index contributed by atoms with van der Waals surface area (Å²) in [6.45, 7) is 0. The van der Waals surface area contributed by atoms with Gasteiger partial charge in [-0.15, -0.1) is 0 Å². The molecule has 10 nitrogen and oxygen atoms in total. The lowest BCUT2D eigenvalue weighted by Crippen LogP contribution is -2.30. The van der Waals surface area contributed by atoms with E-state index >= 15 is 0 Å². The van der Waals surface area contributed by atoms with Gasteiger partial charge < -0.3 is 31.2 Å². The molecule has 276 valence electrons. The van der Waals surface area contributed by atoms with Crippen LogP contribution in [-0.4, -0.2) is 33.3 Å². The SMILES string of the molecule is Nc1c(Oc2ccc(C3(c4ccc(Oc5cc(O)c6c(c5N)C(=O)c5ccccc5C6=O)cc4)CCCCC3)cc2)cc(O)c2c1C(=O)c1ccccc1C2=O. The van der Waals surface area contributed by atoms with E-state index in [1.807, 2.05) is 48.5 Å². The topological polar surface area (TPSA) is 179 Å². The quantitative estimate of drug-likeness (QED) is 0.0952. The molecule has 56 heavy (non-hydrogen) atoms. The number of anilines is 2. The van der Waals surface area contributed by atoms with Gasteiger partial charge in [-0.25, -0.2) is 0 Å². The van der Waals surface area contributed by atoms with E-state index in [9.17, 15) is 29.4 Å². The largest absolute Gasteiger partial charge is 0.507 e. The zero-order chi connectivity index (χ0) is 38.9. The fraction of sp³-hybridized carbons (Fsp3) is 0.130. The van der Waals surface area contributed by atoms with Crippen molar-refractivity contribution >= 4 is 34.5 Å². The lowest BCUT2D eigenvalue weighted by Gasteiger charge is -2.38. The molecule has 6 N–H and O–H groups in total. The third-order valence-electron chi connectivity index (χ3n) is 11.3. The molecule has 3 aliphatic rings. The smallest absolute Gasteiger partial charge is 0.198 e. The highest BCUT2D eigenvalue weighted by molar-refractivity contribution is 6.32. The number of nitrogen functional groups attached to an aromatic ring is 2. The van der Waals surface area contributed by atoms with Gasteiger partial charge in [-0.3, -0.25) is 19.2 Å². The van der Waals surface area contributed by atoms with Gasteiger partial charge in [0, 0.05) is 39.8 Å². The first-order valence-electron chi connectivity index (χ1n) is 18.3. The second kappa shape index (κ2) is 13.0. The zero-order valence-corrected chi connectivity index (χ0v) is 29.9. The number of ether oxygens (including phenoxy) is 2. The van der Waals surface area contributed by atoms with Gasteiger partial charge in [0.05, 0.1) is 33.6 Å². The van der Waals surface area contributed by atoms with Crippen LogP contribution in [0, 0.1) is 0 Å². The molecule has 9 rings (SSSR count). The van der Waals surface area contributed by atoms with Gasteiger partial charge >= 0.3 is 0 Å². The summed E-state index contributed by atoms with van der Waals surface area (Å²) in [6.07, 6.45) is 4.97. The number of rotatable bonds is 6. The molecule has 0 aliphatic heterocycles. The monoisotopic (exact) mass is 742 g/mol. The van der Waals surface area contributed by atoms with Gasteiger partial charge in [0.15, 0.2) is 34.6 Å². The highest BCUT2D eigenvalue weighted by Gasteiger charge is 2.38. The molecule has 0 atom stereocenters. The molecule has 6 aromatic rings. The normalized spacial score (nSPS) is 15.4. The van der Waals surface area contributed by atoms with Crippen LogP contribution in [0.5, 0.6) is 34.5 Å². The molecule has 0 radical (unpaired) electrons. The number of ketones is 4. The number of hydrogen-bond donors (Lipinski definition) is 4. The maximum absolute atomic E-state index is 13.4. The average Bonchev–Trinajstić information content (AvgIpc) is 3.22. The molecule has 10 heteroatoms. The Kier molecular flexibility index (Phi) is 8.01. The van der Waals surface area contributed by atoms with E-state index < -0.39 is 23.1 Å². The van der Waals surface area contributed by atoms with E-state index in [4.69, 9.17) is 20.9 Å². The van der Waals surface area contributed by atoms with E-state index in [0.29, 0.717) is 11.5 Å². The summed E-state index contributed by atoms with van der Waals surface area (Å²) >= 11 is 0. The van der Waals surface area contributed by atoms with Gasteiger partial charge in [0.1, 0.15) is 23.0 Å². The molecule has 0 bridgehead atoms. The Labute approximate surface area is 320 Å². The van der Waals surface area contributed by atoms with E-state index in [1.54, 1.807) is 48.5 Å². The molecule has 0 spiro atoms. The summed E-state index contributed by atoms with van der Waals surface area (Å²) in [5.74, 6) is -1.66. The Morgan fingerprint density at radius 3 is 1.16 bits per heavy atom. The van der Waals surface area contributed by atoms with Crippen molar-refractivity contribution in [1.29, 1.82) is 0 Å². The first kappa shape index (κ1) is 34.6. The summed E-state index contributed by atoms with van der Waals surface area (Å²) in [6, 6.07) is 30.7. The number of nitrogens with two attached hydrogens (primary N) is 2. The van der Waals surface area contributed by atoms with Crippen molar-refractivity contribution in [1.82, 2.24) is 0 Å². The van der Waals surface area contributed by atoms with Crippen LogP contribution in [0.25, 0.3) is 0 Å². The van der Waals surface area contributed by atoms with Crippen molar-refractivity contribution in [2.45, 2.75) is 37.5 Å². The summed E-state index contributed by atoms with van der Waals surface area (Å²) in [7, 11) is 0. The Bertz CT molecular complexity index is 2500. The molecule has 1 saturated carbocycles. The highest BCUT2D eigenvalue weighted by Crippen LogP contribution is 2.48. The van der Waals surface area contributed by atoms with E-state index in [0.717, 1.165) is 43.2 Å². The third kappa shape index (κ3) is 5.25. The zero-order valence-electron chi connectivity index (χ0n) is 29.9. The summed E-state index contributed by atoms with van der Waals surface area (Å²) in [5.41, 5.74) is 15.1. The van der Waals surface area contributed by atoms with E-state index in [-0.39, 0.29) is 84.3 Å². The number of carbonyl (C=O) groups is 4. The van der Waals surface area contributed by atoms with Gasteiger partial charge in [-0.05, 0) is 48.2 Å². The fourth-order valence-corrected chi connectivity index (χ4v) is 8.55. The molecule has 0 unspecified atom stereocenters. The Balaban J connectivity index is 0.984. The number of aromatic hydroxyl groups is 2. The van der Waals surface area contributed by atoms with Crippen molar-refractivity contribution in [2.75, 3.05) is 11.5 Å². The van der Waals surface area contributed by atoms with Crippen LogP contribution in [0.1, 0.15) is 107 Å². The van der Waals surface area contributed by atoms with Gasteiger partial charge in [-0.1, -0.05) is 92.1 Å². The predicted molar refractivity (Wildman–Crippen MR) is 209 cm³/mol. The number of fused-ring (bicyclic) bond motifs is 4. The van der Waals surface area contributed by atoms with Crippen LogP contribution in [0.4, 0.5) is 11.4 Å². The van der Waals surface area contributed by atoms with Crippen molar-refractivity contribution in [3.05, 3.63) is 165 Å². The summed E-state index contributed by atoms with van der Waals surface area (Å²) < 4.78 is 12.3. The first-order chi connectivity index (χ1) is 27.1.